The third-order valence-corrected chi connectivity index (χ3v) is 2.09. The van der Waals surface area contributed by atoms with Crippen LogP contribution in [0.3, 0.4) is 0 Å². The minimum absolute atomic E-state index is 0.0463. The third-order valence-electron chi connectivity index (χ3n) is 2.09. The first-order valence-electron chi connectivity index (χ1n) is 3.70. The van der Waals surface area contributed by atoms with E-state index >= 15 is 0 Å². The molecule has 0 aliphatic heterocycles. The first-order chi connectivity index (χ1) is 5.70. The van der Waals surface area contributed by atoms with Gasteiger partial charge in [0, 0.05) is 12.0 Å². The summed E-state index contributed by atoms with van der Waals surface area (Å²) in [5.74, 6) is -1.37. The van der Waals surface area contributed by atoms with E-state index in [1.807, 2.05) is 0 Å². The van der Waals surface area contributed by atoms with Gasteiger partial charge in [-0.3, -0.25) is 4.79 Å². The van der Waals surface area contributed by atoms with Gasteiger partial charge in [0.15, 0.2) is 5.78 Å². The molecule has 12 heavy (non-hydrogen) atoms. The second kappa shape index (κ2) is 2.37. The highest BCUT2D eigenvalue weighted by molar-refractivity contribution is 6.00. The van der Waals surface area contributed by atoms with Gasteiger partial charge in [0.25, 0.3) is 0 Å². The number of hydrogen-bond donors (Lipinski definition) is 0. The van der Waals surface area contributed by atoms with Crippen molar-refractivity contribution in [3.63, 3.8) is 0 Å². The molecule has 0 atom stereocenters. The molecule has 0 N–H and O–H groups in total. The lowest BCUT2D eigenvalue weighted by Crippen LogP contribution is -1.97. The zero-order valence-electron chi connectivity index (χ0n) is 6.23. The number of carbonyl (C=O) groups is 1. The molecular formula is C9H6F2O. The highest BCUT2D eigenvalue weighted by atomic mass is 19.1. The molecule has 1 aliphatic carbocycles. The van der Waals surface area contributed by atoms with Gasteiger partial charge in [-0.1, -0.05) is 0 Å². The molecule has 62 valence electrons. The van der Waals surface area contributed by atoms with Crippen LogP contribution in [0.1, 0.15) is 22.3 Å². The van der Waals surface area contributed by atoms with Gasteiger partial charge in [0.05, 0.1) is 5.56 Å². The SMILES string of the molecule is O=C1CCc2c(F)ccc(F)c21. The molecule has 0 saturated carbocycles. The van der Waals surface area contributed by atoms with Crippen LogP contribution >= 0.6 is 0 Å². The summed E-state index contributed by atoms with van der Waals surface area (Å²) in [5, 5.41) is 0. The maximum atomic E-state index is 12.9. The predicted octanol–water partition coefficient (Wildman–Crippen LogP) is 2.09. The van der Waals surface area contributed by atoms with Crippen LogP contribution in [0.4, 0.5) is 8.78 Å². The molecule has 0 radical (unpaired) electrons. The summed E-state index contributed by atoms with van der Waals surface area (Å²) in [7, 11) is 0. The summed E-state index contributed by atoms with van der Waals surface area (Å²) in [6.07, 6.45) is 0.560. The third kappa shape index (κ3) is 0.858. The Morgan fingerprint density at radius 3 is 2.42 bits per heavy atom. The Kier molecular flexibility index (Phi) is 1.46. The van der Waals surface area contributed by atoms with Gasteiger partial charge < -0.3 is 0 Å². The van der Waals surface area contributed by atoms with Crippen molar-refractivity contribution in [1.29, 1.82) is 0 Å². The lowest BCUT2D eigenvalue weighted by molar-refractivity contribution is 0.0991. The average molecular weight is 168 g/mol. The van der Waals surface area contributed by atoms with Crippen LogP contribution in [0, 0.1) is 11.6 Å². The van der Waals surface area contributed by atoms with Gasteiger partial charge in [-0.05, 0) is 18.6 Å². The predicted molar refractivity (Wildman–Crippen MR) is 39.0 cm³/mol. The van der Waals surface area contributed by atoms with Crippen LogP contribution in [-0.4, -0.2) is 5.78 Å². The van der Waals surface area contributed by atoms with Gasteiger partial charge >= 0.3 is 0 Å². The molecule has 0 amide bonds. The number of ketones is 1. The van der Waals surface area contributed by atoms with Gasteiger partial charge in [-0.25, -0.2) is 8.78 Å². The fraction of sp³-hybridized carbons (Fsp3) is 0.222. The molecule has 0 spiro atoms. The van der Waals surface area contributed by atoms with Crippen molar-refractivity contribution in [2.45, 2.75) is 12.8 Å². The standard InChI is InChI=1S/C9H6F2O/c10-6-2-3-7(11)9-5(6)1-4-8(9)12/h2-3H,1,4H2. The van der Waals surface area contributed by atoms with Crippen LogP contribution in [0.2, 0.25) is 0 Å². The molecule has 2 rings (SSSR count). The molecule has 0 aromatic heterocycles. The van der Waals surface area contributed by atoms with E-state index in [1.54, 1.807) is 0 Å². The molecule has 0 fully saturated rings. The Bertz CT molecular complexity index is 358. The van der Waals surface area contributed by atoms with Crippen LogP contribution < -0.4 is 0 Å². The lowest BCUT2D eigenvalue weighted by atomic mass is 10.1. The molecule has 1 aliphatic rings. The van der Waals surface area contributed by atoms with E-state index in [4.69, 9.17) is 0 Å². The van der Waals surface area contributed by atoms with E-state index in [0.717, 1.165) is 12.1 Å². The van der Waals surface area contributed by atoms with Crippen molar-refractivity contribution in [3.8, 4) is 0 Å². The largest absolute Gasteiger partial charge is 0.294 e. The molecule has 3 heteroatoms. The molecule has 0 unspecified atom stereocenters. The van der Waals surface area contributed by atoms with Crippen molar-refractivity contribution < 1.29 is 13.6 Å². The fourth-order valence-electron chi connectivity index (χ4n) is 1.50. The molecule has 0 heterocycles. The number of fused-ring (bicyclic) bond motifs is 1. The molecule has 0 saturated heterocycles. The summed E-state index contributed by atoms with van der Waals surface area (Å²) in [6.45, 7) is 0. The highest BCUT2D eigenvalue weighted by Crippen LogP contribution is 2.26. The Hall–Kier alpha value is -1.25. The number of Topliss-reactive ketones (excluding diaryl/α,β-unsaturated/α-hetero) is 1. The van der Waals surface area contributed by atoms with Crippen LogP contribution in [0.5, 0.6) is 0 Å². The maximum Gasteiger partial charge on any atom is 0.166 e. The monoisotopic (exact) mass is 168 g/mol. The van der Waals surface area contributed by atoms with Crippen molar-refractivity contribution in [2.75, 3.05) is 0 Å². The number of hydrogen-bond acceptors (Lipinski definition) is 1. The van der Waals surface area contributed by atoms with E-state index in [2.05, 4.69) is 0 Å². The van der Waals surface area contributed by atoms with E-state index in [0.29, 0.717) is 6.42 Å². The average Bonchev–Trinajstić information content (AvgIpc) is 2.42. The smallest absolute Gasteiger partial charge is 0.166 e. The Morgan fingerprint density at radius 1 is 1.08 bits per heavy atom. The van der Waals surface area contributed by atoms with Gasteiger partial charge in [0.1, 0.15) is 11.6 Å². The minimum Gasteiger partial charge on any atom is -0.294 e. The summed E-state index contributed by atoms with van der Waals surface area (Å²) in [6, 6.07) is 2.06. The molecule has 1 nitrogen and oxygen atoms in total. The van der Waals surface area contributed by atoms with Crippen molar-refractivity contribution >= 4 is 5.78 Å². The summed E-state index contributed by atoms with van der Waals surface area (Å²) >= 11 is 0. The molecule has 1 aromatic rings. The second-order valence-corrected chi connectivity index (χ2v) is 2.81. The van der Waals surface area contributed by atoms with E-state index in [9.17, 15) is 13.6 Å². The van der Waals surface area contributed by atoms with Crippen molar-refractivity contribution in [1.82, 2.24) is 0 Å². The zero-order chi connectivity index (χ0) is 8.72. The van der Waals surface area contributed by atoms with E-state index in [1.165, 1.54) is 0 Å². The second-order valence-electron chi connectivity index (χ2n) is 2.81. The minimum atomic E-state index is -0.603. The molecule has 1 aromatic carbocycles. The number of halogens is 2. The van der Waals surface area contributed by atoms with Crippen LogP contribution in [-0.2, 0) is 6.42 Å². The molecule has 0 bridgehead atoms. The lowest BCUT2D eigenvalue weighted by Gasteiger charge is -1.99. The van der Waals surface area contributed by atoms with Crippen LogP contribution in [0.15, 0.2) is 12.1 Å². The Morgan fingerprint density at radius 2 is 1.75 bits per heavy atom. The Labute approximate surface area is 68.0 Å². The van der Waals surface area contributed by atoms with Crippen LogP contribution in [0.25, 0.3) is 0 Å². The fourth-order valence-corrected chi connectivity index (χ4v) is 1.50. The summed E-state index contributed by atoms with van der Waals surface area (Å²) < 4.78 is 25.9. The maximum absolute atomic E-state index is 12.9. The van der Waals surface area contributed by atoms with Crippen molar-refractivity contribution in [3.05, 3.63) is 34.9 Å². The normalized spacial score (nSPS) is 15.0. The zero-order valence-corrected chi connectivity index (χ0v) is 6.23. The number of benzene rings is 1. The summed E-state index contributed by atoms with van der Waals surface area (Å²) in [4.78, 5) is 11.0. The molecular weight excluding hydrogens is 162 g/mol. The first kappa shape index (κ1) is 7.40. The number of rotatable bonds is 0. The van der Waals surface area contributed by atoms with E-state index in [-0.39, 0.29) is 23.3 Å². The number of carbonyl (C=O) groups excluding carboxylic acids is 1. The van der Waals surface area contributed by atoms with E-state index < -0.39 is 11.6 Å². The topological polar surface area (TPSA) is 17.1 Å². The first-order valence-corrected chi connectivity index (χ1v) is 3.70. The van der Waals surface area contributed by atoms with Gasteiger partial charge in [-0.2, -0.15) is 0 Å². The van der Waals surface area contributed by atoms with Gasteiger partial charge in [-0.15, -0.1) is 0 Å². The van der Waals surface area contributed by atoms with Crippen molar-refractivity contribution in [2.24, 2.45) is 0 Å². The Balaban J connectivity index is 2.72. The summed E-state index contributed by atoms with van der Waals surface area (Å²) in [5.41, 5.74) is 0.190. The highest BCUT2D eigenvalue weighted by Gasteiger charge is 2.25. The quantitative estimate of drug-likeness (QED) is 0.579. The van der Waals surface area contributed by atoms with Gasteiger partial charge in [0.2, 0.25) is 0 Å².